The van der Waals surface area contributed by atoms with Crippen molar-refractivity contribution in [2.75, 3.05) is 26.2 Å². The van der Waals surface area contributed by atoms with Gasteiger partial charge in [0.2, 0.25) is 0 Å². The van der Waals surface area contributed by atoms with Crippen molar-refractivity contribution in [2.45, 2.75) is 19.8 Å². The van der Waals surface area contributed by atoms with Crippen LogP contribution < -0.4 is 5.32 Å². The first-order chi connectivity index (χ1) is 12.1. The van der Waals surface area contributed by atoms with Crippen molar-refractivity contribution in [1.82, 2.24) is 10.2 Å². The van der Waals surface area contributed by atoms with E-state index in [9.17, 15) is 9.90 Å². The number of benzene rings is 2. The van der Waals surface area contributed by atoms with Gasteiger partial charge in [-0.2, -0.15) is 0 Å². The van der Waals surface area contributed by atoms with E-state index in [1.54, 1.807) is 25.1 Å². The third-order valence-corrected chi connectivity index (χ3v) is 5.03. The van der Waals surface area contributed by atoms with E-state index in [1.807, 2.05) is 6.07 Å². The minimum absolute atomic E-state index is 0.101. The van der Waals surface area contributed by atoms with E-state index in [-0.39, 0.29) is 11.7 Å². The molecule has 0 bridgehead atoms. The van der Waals surface area contributed by atoms with Gasteiger partial charge in [0.1, 0.15) is 5.75 Å². The van der Waals surface area contributed by atoms with Crippen molar-refractivity contribution < 1.29 is 9.90 Å². The molecule has 1 aliphatic rings. The molecule has 0 radical (unpaired) electrons. The molecule has 0 spiro atoms. The first kappa shape index (κ1) is 17.5. The zero-order valence-corrected chi connectivity index (χ0v) is 14.7. The molecule has 2 aromatic rings. The number of rotatable bonds is 6. The molecule has 1 atom stereocenters. The van der Waals surface area contributed by atoms with Gasteiger partial charge in [-0.05, 0) is 49.9 Å². The Labute approximate surface area is 149 Å². The van der Waals surface area contributed by atoms with E-state index in [0.717, 1.165) is 32.5 Å². The topological polar surface area (TPSA) is 52.6 Å². The molecule has 1 heterocycles. The summed E-state index contributed by atoms with van der Waals surface area (Å²) in [5.74, 6) is 0.564. The number of hydrogen-bond donors (Lipinski definition) is 2. The fourth-order valence-electron chi connectivity index (χ4n) is 3.42. The van der Waals surface area contributed by atoms with Crippen LogP contribution in [0.5, 0.6) is 5.75 Å². The minimum Gasteiger partial charge on any atom is -0.508 e. The Kier molecular flexibility index (Phi) is 5.71. The average Bonchev–Trinajstić information content (AvgIpc) is 3.09. The van der Waals surface area contributed by atoms with E-state index in [4.69, 9.17) is 0 Å². The highest BCUT2D eigenvalue weighted by Gasteiger charge is 2.23. The Morgan fingerprint density at radius 3 is 2.80 bits per heavy atom. The zero-order valence-electron chi connectivity index (χ0n) is 14.7. The largest absolute Gasteiger partial charge is 0.508 e. The molecule has 25 heavy (non-hydrogen) atoms. The van der Waals surface area contributed by atoms with Gasteiger partial charge in [0.15, 0.2) is 0 Å². The minimum atomic E-state index is -0.101. The van der Waals surface area contributed by atoms with Crippen LogP contribution in [0.25, 0.3) is 0 Å². The maximum atomic E-state index is 12.3. The smallest absolute Gasteiger partial charge is 0.251 e. The second-order valence-corrected chi connectivity index (χ2v) is 6.85. The summed E-state index contributed by atoms with van der Waals surface area (Å²) >= 11 is 0. The molecular formula is C21H26N2O2. The summed E-state index contributed by atoms with van der Waals surface area (Å²) in [7, 11) is 0. The number of carbonyl (C=O) groups is 1. The molecular weight excluding hydrogens is 312 g/mol. The number of aromatic hydroxyl groups is 1. The lowest BCUT2D eigenvalue weighted by molar-refractivity contribution is 0.0946. The van der Waals surface area contributed by atoms with Gasteiger partial charge in [-0.15, -0.1) is 0 Å². The zero-order chi connectivity index (χ0) is 17.6. The van der Waals surface area contributed by atoms with Gasteiger partial charge in [-0.25, -0.2) is 0 Å². The molecule has 3 rings (SSSR count). The first-order valence-corrected chi connectivity index (χ1v) is 8.96. The van der Waals surface area contributed by atoms with Crippen LogP contribution in [0.1, 0.15) is 27.9 Å². The predicted molar refractivity (Wildman–Crippen MR) is 99.9 cm³/mol. The lowest BCUT2D eigenvalue weighted by Crippen LogP contribution is -2.31. The second kappa shape index (κ2) is 8.17. The van der Waals surface area contributed by atoms with Crippen LogP contribution in [0, 0.1) is 12.8 Å². The molecule has 0 unspecified atom stereocenters. The van der Waals surface area contributed by atoms with Crippen LogP contribution in [-0.4, -0.2) is 42.1 Å². The van der Waals surface area contributed by atoms with Crippen LogP contribution in [-0.2, 0) is 6.42 Å². The van der Waals surface area contributed by atoms with Gasteiger partial charge in [0.25, 0.3) is 5.91 Å². The number of likely N-dealkylation sites (tertiary alicyclic amines) is 1. The van der Waals surface area contributed by atoms with Gasteiger partial charge in [0.05, 0.1) is 0 Å². The molecule has 0 aliphatic carbocycles. The molecule has 1 saturated heterocycles. The van der Waals surface area contributed by atoms with E-state index in [1.165, 1.54) is 5.56 Å². The Morgan fingerprint density at radius 2 is 2.00 bits per heavy atom. The summed E-state index contributed by atoms with van der Waals surface area (Å²) < 4.78 is 0. The molecule has 2 aromatic carbocycles. The summed E-state index contributed by atoms with van der Waals surface area (Å²) in [5, 5.41) is 12.8. The van der Waals surface area contributed by atoms with Gasteiger partial charge < -0.3 is 15.3 Å². The third kappa shape index (κ3) is 4.60. The van der Waals surface area contributed by atoms with Crippen molar-refractivity contribution in [3.63, 3.8) is 0 Å². The Balaban J connectivity index is 1.44. The SMILES string of the molecule is Cc1c(O)cccc1C(=O)NC[C@@H]1CCN(CCc2ccccc2)C1. The van der Waals surface area contributed by atoms with Gasteiger partial charge in [-0.1, -0.05) is 36.4 Å². The molecule has 1 fully saturated rings. The first-order valence-electron chi connectivity index (χ1n) is 8.96. The Hall–Kier alpha value is -2.33. The molecule has 1 aliphatic heterocycles. The summed E-state index contributed by atoms with van der Waals surface area (Å²) in [4.78, 5) is 14.8. The maximum Gasteiger partial charge on any atom is 0.251 e. The maximum absolute atomic E-state index is 12.3. The summed E-state index contributed by atoms with van der Waals surface area (Å²) in [6.45, 7) is 5.66. The van der Waals surface area contributed by atoms with Gasteiger partial charge in [0, 0.05) is 30.8 Å². The standard InChI is InChI=1S/C21H26N2O2/c1-16-19(8-5-9-20(16)24)21(25)22-14-18-11-13-23(15-18)12-10-17-6-3-2-4-7-17/h2-9,18,24H,10-15H2,1H3,(H,22,25)/t18-/m0/s1. The number of carbonyl (C=O) groups excluding carboxylic acids is 1. The molecule has 1 amide bonds. The molecule has 4 nitrogen and oxygen atoms in total. The Morgan fingerprint density at radius 1 is 1.20 bits per heavy atom. The molecule has 0 saturated carbocycles. The van der Waals surface area contributed by atoms with E-state index < -0.39 is 0 Å². The monoisotopic (exact) mass is 338 g/mol. The van der Waals surface area contributed by atoms with Crippen LogP contribution in [0.4, 0.5) is 0 Å². The Bertz CT molecular complexity index is 715. The molecule has 4 heteroatoms. The van der Waals surface area contributed by atoms with Crippen molar-refractivity contribution in [1.29, 1.82) is 0 Å². The number of phenolic OH excluding ortho intramolecular Hbond substituents is 1. The lowest BCUT2D eigenvalue weighted by Gasteiger charge is -2.16. The van der Waals surface area contributed by atoms with Crippen LogP contribution in [0.2, 0.25) is 0 Å². The number of hydrogen-bond acceptors (Lipinski definition) is 3. The fourth-order valence-corrected chi connectivity index (χ4v) is 3.42. The van der Waals surface area contributed by atoms with Crippen LogP contribution in [0.15, 0.2) is 48.5 Å². The van der Waals surface area contributed by atoms with Crippen molar-refractivity contribution in [3.05, 3.63) is 65.2 Å². The molecule has 2 N–H and O–H groups in total. The number of nitrogens with zero attached hydrogens (tertiary/aromatic N) is 1. The molecule has 0 aromatic heterocycles. The number of phenols is 1. The fraction of sp³-hybridized carbons (Fsp3) is 0.381. The lowest BCUT2D eigenvalue weighted by atomic mass is 10.1. The van der Waals surface area contributed by atoms with E-state index >= 15 is 0 Å². The number of amides is 1. The van der Waals surface area contributed by atoms with Crippen molar-refractivity contribution in [2.24, 2.45) is 5.92 Å². The van der Waals surface area contributed by atoms with Crippen LogP contribution >= 0.6 is 0 Å². The summed E-state index contributed by atoms with van der Waals surface area (Å²) in [5.41, 5.74) is 2.56. The summed E-state index contributed by atoms with van der Waals surface area (Å²) in [6, 6.07) is 15.6. The highest BCUT2D eigenvalue weighted by molar-refractivity contribution is 5.96. The quantitative estimate of drug-likeness (QED) is 0.851. The second-order valence-electron chi connectivity index (χ2n) is 6.85. The predicted octanol–water partition coefficient (Wildman–Crippen LogP) is 3.00. The average molecular weight is 338 g/mol. The van der Waals surface area contributed by atoms with E-state index in [2.05, 4.69) is 34.5 Å². The highest BCUT2D eigenvalue weighted by atomic mass is 16.3. The van der Waals surface area contributed by atoms with E-state index in [0.29, 0.717) is 23.6 Å². The third-order valence-electron chi connectivity index (χ3n) is 5.03. The molecule has 132 valence electrons. The van der Waals surface area contributed by atoms with Crippen molar-refractivity contribution >= 4 is 5.91 Å². The number of nitrogens with one attached hydrogen (secondary N) is 1. The normalized spacial score (nSPS) is 17.6. The highest BCUT2D eigenvalue weighted by Crippen LogP contribution is 2.20. The van der Waals surface area contributed by atoms with Gasteiger partial charge in [-0.3, -0.25) is 4.79 Å². The van der Waals surface area contributed by atoms with Gasteiger partial charge >= 0.3 is 0 Å². The van der Waals surface area contributed by atoms with Crippen molar-refractivity contribution in [3.8, 4) is 5.75 Å². The summed E-state index contributed by atoms with van der Waals surface area (Å²) in [6.07, 6.45) is 2.19. The van der Waals surface area contributed by atoms with Crippen LogP contribution in [0.3, 0.4) is 0 Å².